The fraction of sp³-hybridized carbons (Fsp3) is 0.188. The minimum atomic E-state index is -3.71. The van der Waals surface area contributed by atoms with Crippen LogP contribution in [-0.2, 0) is 9.84 Å². The third-order valence-corrected chi connectivity index (χ3v) is 5.34. The molecule has 0 aromatic heterocycles. The molecule has 21 heavy (non-hydrogen) atoms. The van der Waals surface area contributed by atoms with E-state index in [0.29, 0.717) is 5.56 Å². The molecule has 0 bridgehead atoms. The first-order valence-electron chi connectivity index (χ1n) is 6.40. The summed E-state index contributed by atoms with van der Waals surface area (Å²) in [5, 5.41) is 8.09. The molecule has 2 rings (SSSR count). The van der Waals surface area contributed by atoms with Crippen molar-refractivity contribution < 1.29 is 13.2 Å². The number of hydrogen-bond acceptors (Lipinski definition) is 4. The van der Waals surface area contributed by atoms with Gasteiger partial charge in [-0.15, -0.1) is 0 Å². The van der Waals surface area contributed by atoms with Crippen molar-refractivity contribution in [2.24, 2.45) is 0 Å². The molecule has 0 aliphatic carbocycles. The van der Waals surface area contributed by atoms with E-state index in [0.717, 1.165) is 0 Å². The highest BCUT2D eigenvalue weighted by atomic mass is 32.2. The second kappa shape index (κ2) is 6.42. The van der Waals surface area contributed by atoms with E-state index in [-0.39, 0.29) is 17.1 Å². The highest BCUT2D eigenvalue weighted by Gasteiger charge is 2.31. The van der Waals surface area contributed by atoms with E-state index in [1.807, 2.05) is 12.1 Å². The van der Waals surface area contributed by atoms with Crippen LogP contribution in [0.3, 0.4) is 0 Å². The number of para-hydroxylation sites is 1. The minimum Gasteiger partial charge on any atom is -0.495 e. The van der Waals surface area contributed by atoms with Gasteiger partial charge >= 0.3 is 0 Å². The number of rotatable bonds is 5. The maximum atomic E-state index is 12.9. The Kier molecular flexibility index (Phi) is 4.61. The highest BCUT2D eigenvalue weighted by molar-refractivity contribution is 7.91. The Labute approximate surface area is 124 Å². The van der Waals surface area contributed by atoms with Crippen LogP contribution in [0.15, 0.2) is 59.5 Å². The average molecular weight is 301 g/mol. The minimum absolute atomic E-state index is 0.107. The van der Waals surface area contributed by atoms with Gasteiger partial charge in [-0.2, -0.15) is 5.26 Å². The molecule has 4 nitrogen and oxygen atoms in total. The van der Waals surface area contributed by atoms with Crippen molar-refractivity contribution in [1.29, 1.82) is 5.26 Å². The summed E-state index contributed by atoms with van der Waals surface area (Å²) in [6.07, 6.45) is -0.107. The van der Waals surface area contributed by atoms with Crippen molar-refractivity contribution in [2.75, 3.05) is 7.11 Å². The molecular weight excluding hydrogens is 286 g/mol. The molecule has 0 fully saturated rings. The number of ether oxygens (including phenoxy) is 1. The van der Waals surface area contributed by atoms with Crippen LogP contribution in [0.5, 0.6) is 5.75 Å². The van der Waals surface area contributed by atoms with Gasteiger partial charge in [0, 0.05) is 0 Å². The Hall–Kier alpha value is -2.32. The second-order valence-electron chi connectivity index (χ2n) is 4.46. The van der Waals surface area contributed by atoms with Gasteiger partial charge in [0.1, 0.15) is 15.9 Å². The van der Waals surface area contributed by atoms with E-state index in [4.69, 9.17) is 10.00 Å². The lowest BCUT2D eigenvalue weighted by atomic mass is 10.1. The zero-order chi connectivity index (χ0) is 15.3. The Morgan fingerprint density at radius 3 is 2.33 bits per heavy atom. The summed E-state index contributed by atoms with van der Waals surface area (Å²) in [5.74, 6) is 0.288. The Bertz CT molecular complexity index is 749. The normalized spacial score (nSPS) is 12.4. The summed E-state index contributed by atoms with van der Waals surface area (Å²) in [6.45, 7) is 0. The van der Waals surface area contributed by atoms with Crippen LogP contribution in [0.2, 0.25) is 0 Å². The van der Waals surface area contributed by atoms with E-state index in [1.54, 1.807) is 42.5 Å². The van der Waals surface area contributed by atoms with Crippen molar-refractivity contribution in [2.45, 2.75) is 16.6 Å². The number of nitriles is 1. The molecule has 0 heterocycles. The first-order chi connectivity index (χ1) is 10.1. The second-order valence-corrected chi connectivity index (χ2v) is 6.56. The molecule has 1 atom stereocenters. The lowest BCUT2D eigenvalue weighted by Gasteiger charge is -2.17. The molecule has 0 saturated heterocycles. The van der Waals surface area contributed by atoms with Crippen molar-refractivity contribution in [3.05, 3.63) is 60.2 Å². The van der Waals surface area contributed by atoms with Gasteiger partial charge < -0.3 is 4.74 Å². The van der Waals surface area contributed by atoms with Crippen LogP contribution in [0, 0.1) is 11.3 Å². The molecule has 0 spiro atoms. The van der Waals surface area contributed by atoms with Crippen LogP contribution in [-0.4, -0.2) is 15.5 Å². The molecule has 5 heteroatoms. The molecule has 0 N–H and O–H groups in total. The Balaban J connectivity index is 2.56. The number of hydrogen-bond donors (Lipinski definition) is 0. The molecule has 108 valence electrons. The predicted molar refractivity (Wildman–Crippen MR) is 79.6 cm³/mol. The standard InChI is InChI=1S/C16H15NO3S/c1-20-14-9-5-6-10-16(14)21(18,19)15(11-12-17)13-7-3-2-4-8-13/h2-10,15H,11H2,1H3. The van der Waals surface area contributed by atoms with Gasteiger partial charge in [-0.3, -0.25) is 0 Å². The molecule has 0 radical (unpaired) electrons. The molecular formula is C16H15NO3S. The van der Waals surface area contributed by atoms with Gasteiger partial charge in [-0.05, 0) is 17.7 Å². The van der Waals surface area contributed by atoms with Crippen LogP contribution in [0.1, 0.15) is 17.2 Å². The number of methoxy groups -OCH3 is 1. The summed E-state index contributed by atoms with van der Waals surface area (Å²) < 4.78 is 30.9. The van der Waals surface area contributed by atoms with Crippen LogP contribution >= 0.6 is 0 Å². The van der Waals surface area contributed by atoms with E-state index >= 15 is 0 Å². The Morgan fingerprint density at radius 1 is 1.10 bits per heavy atom. The van der Waals surface area contributed by atoms with Gasteiger partial charge in [-0.25, -0.2) is 8.42 Å². The summed E-state index contributed by atoms with van der Waals surface area (Å²) in [5.41, 5.74) is 0.602. The largest absolute Gasteiger partial charge is 0.495 e. The van der Waals surface area contributed by atoms with Gasteiger partial charge in [0.15, 0.2) is 9.84 Å². The summed E-state index contributed by atoms with van der Waals surface area (Å²) in [4.78, 5) is 0.108. The molecule has 0 aliphatic rings. The zero-order valence-electron chi connectivity index (χ0n) is 11.6. The monoisotopic (exact) mass is 301 g/mol. The van der Waals surface area contributed by atoms with Crippen molar-refractivity contribution in [3.63, 3.8) is 0 Å². The van der Waals surface area contributed by atoms with Crippen molar-refractivity contribution in [1.82, 2.24) is 0 Å². The van der Waals surface area contributed by atoms with Crippen LogP contribution < -0.4 is 4.74 Å². The van der Waals surface area contributed by atoms with E-state index in [2.05, 4.69) is 0 Å². The summed E-state index contributed by atoms with van der Waals surface area (Å²) >= 11 is 0. The molecule has 1 unspecified atom stereocenters. The summed E-state index contributed by atoms with van der Waals surface area (Å²) in [6, 6.07) is 17.2. The highest BCUT2D eigenvalue weighted by Crippen LogP contribution is 2.35. The molecule has 2 aromatic rings. The van der Waals surface area contributed by atoms with Gasteiger partial charge in [0.25, 0.3) is 0 Å². The smallest absolute Gasteiger partial charge is 0.190 e. The summed E-state index contributed by atoms with van der Waals surface area (Å²) in [7, 11) is -2.28. The number of sulfone groups is 1. The van der Waals surface area contributed by atoms with E-state index in [1.165, 1.54) is 13.2 Å². The first kappa shape index (κ1) is 15.1. The molecule has 0 amide bonds. The van der Waals surface area contributed by atoms with Gasteiger partial charge in [-0.1, -0.05) is 42.5 Å². The lowest BCUT2D eigenvalue weighted by Crippen LogP contribution is -2.14. The van der Waals surface area contributed by atoms with E-state index < -0.39 is 15.1 Å². The molecule has 2 aromatic carbocycles. The van der Waals surface area contributed by atoms with Crippen molar-refractivity contribution in [3.8, 4) is 11.8 Å². The maximum absolute atomic E-state index is 12.9. The van der Waals surface area contributed by atoms with Gasteiger partial charge in [0.2, 0.25) is 0 Å². The maximum Gasteiger partial charge on any atom is 0.190 e. The molecule has 0 saturated carbocycles. The lowest BCUT2D eigenvalue weighted by molar-refractivity contribution is 0.402. The topological polar surface area (TPSA) is 67.2 Å². The average Bonchev–Trinajstić information content (AvgIpc) is 2.53. The third-order valence-electron chi connectivity index (χ3n) is 3.20. The quantitative estimate of drug-likeness (QED) is 0.851. The Morgan fingerprint density at radius 2 is 1.71 bits per heavy atom. The fourth-order valence-corrected chi connectivity index (χ4v) is 3.98. The van der Waals surface area contributed by atoms with Crippen LogP contribution in [0.4, 0.5) is 0 Å². The number of nitrogens with zero attached hydrogens (tertiary/aromatic N) is 1. The first-order valence-corrected chi connectivity index (χ1v) is 7.94. The van der Waals surface area contributed by atoms with Crippen LogP contribution in [0.25, 0.3) is 0 Å². The van der Waals surface area contributed by atoms with Crippen molar-refractivity contribution >= 4 is 9.84 Å². The SMILES string of the molecule is COc1ccccc1S(=O)(=O)C(CC#N)c1ccccc1. The third kappa shape index (κ3) is 3.06. The predicted octanol–water partition coefficient (Wildman–Crippen LogP) is 3.12. The number of benzene rings is 2. The van der Waals surface area contributed by atoms with Gasteiger partial charge in [0.05, 0.1) is 19.6 Å². The fourth-order valence-electron chi connectivity index (χ4n) is 2.16. The zero-order valence-corrected chi connectivity index (χ0v) is 12.4. The molecule has 0 aliphatic heterocycles. The van der Waals surface area contributed by atoms with E-state index in [9.17, 15) is 8.42 Å².